The van der Waals surface area contributed by atoms with Crippen molar-refractivity contribution >= 4 is 11.9 Å². The predicted molar refractivity (Wildman–Crippen MR) is 57.1 cm³/mol. The highest BCUT2D eigenvalue weighted by Gasteiger charge is 2.32. The Morgan fingerprint density at radius 1 is 1.44 bits per heavy atom. The maximum Gasteiger partial charge on any atom is 0.326 e. The molecule has 1 aromatic rings. The number of carbonyl (C=O) groups is 2. The Kier molecular flexibility index (Phi) is 3.37. The lowest BCUT2D eigenvalue weighted by atomic mass is 9.86. The summed E-state index contributed by atoms with van der Waals surface area (Å²) < 4.78 is 4.76. The third-order valence-corrected chi connectivity index (χ3v) is 2.17. The highest BCUT2D eigenvalue weighted by atomic mass is 16.4. The number of amides is 1. The van der Waals surface area contributed by atoms with E-state index in [0.29, 0.717) is 5.56 Å². The van der Waals surface area contributed by atoms with Gasteiger partial charge >= 0.3 is 5.97 Å². The van der Waals surface area contributed by atoms with E-state index in [1.54, 1.807) is 20.8 Å². The average molecular weight is 225 g/mol. The molecule has 0 spiro atoms. The van der Waals surface area contributed by atoms with E-state index < -0.39 is 23.3 Å². The molecular weight excluding hydrogens is 210 g/mol. The lowest BCUT2D eigenvalue weighted by molar-refractivity contribution is -0.142. The van der Waals surface area contributed by atoms with Crippen LogP contribution in [0.5, 0.6) is 0 Å². The van der Waals surface area contributed by atoms with Gasteiger partial charge in [0.2, 0.25) is 0 Å². The van der Waals surface area contributed by atoms with E-state index in [4.69, 9.17) is 9.52 Å². The second-order valence-electron chi connectivity index (χ2n) is 4.62. The quantitative estimate of drug-likeness (QED) is 0.817. The fourth-order valence-electron chi connectivity index (χ4n) is 1.26. The van der Waals surface area contributed by atoms with Gasteiger partial charge in [0.15, 0.2) is 0 Å². The summed E-state index contributed by atoms with van der Waals surface area (Å²) in [5.74, 6) is -1.50. The van der Waals surface area contributed by atoms with Crippen molar-refractivity contribution in [2.75, 3.05) is 0 Å². The zero-order valence-electron chi connectivity index (χ0n) is 9.48. The number of hydrogen-bond donors (Lipinski definition) is 2. The van der Waals surface area contributed by atoms with Crippen molar-refractivity contribution in [3.05, 3.63) is 24.2 Å². The third kappa shape index (κ3) is 2.85. The zero-order valence-corrected chi connectivity index (χ0v) is 9.48. The van der Waals surface area contributed by atoms with E-state index in [2.05, 4.69) is 5.32 Å². The van der Waals surface area contributed by atoms with Crippen molar-refractivity contribution < 1.29 is 19.1 Å². The highest BCUT2D eigenvalue weighted by Crippen LogP contribution is 2.19. The van der Waals surface area contributed by atoms with Crippen molar-refractivity contribution in [2.24, 2.45) is 5.41 Å². The Hall–Kier alpha value is -1.78. The number of carboxylic acid groups (broad SMARTS) is 1. The van der Waals surface area contributed by atoms with Crippen LogP contribution in [0.3, 0.4) is 0 Å². The van der Waals surface area contributed by atoms with Crippen LogP contribution >= 0.6 is 0 Å². The molecule has 1 amide bonds. The lowest BCUT2D eigenvalue weighted by Crippen LogP contribution is -2.49. The molecule has 5 nitrogen and oxygen atoms in total. The van der Waals surface area contributed by atoms with Crippen molar-refractivity contribution in [1.29, 1.82) is 0 Å². The number of nitrogens with one attached hydrogen (secondary N) is 1. The monoisotopic (exact) mass is 225 g/mol. The van der Waals surface area contributed by atoms with Crippen LogP contribution in [0.4, 0.5) is 0 Å². The molecule has 0 aliphatic rings. The lowest BCUT2D eigenvalue weighted by Gasteiger charge is -2.27. The van der Waals surface area contributed by atoms with Crippen LogP contribution in [-0.2, 0) is 4.79 Å². The molecule has 1 aromatic heterocycles. The van der Waals surface area contributed by atoms with Crippen LogP contribution in [0.15, 0.2) is 23.0 Å². The zero-order chi connectivity index (χ0) is 12.3. The first-order valence-electron chi connectivity index (χ1n) is 4.88. The van der Waals surface area contributed by atoms with Gasteiger partial charge in [0.1, 0.15) is 12.3 Å². The summed E-state index contributed by atoms with van der Waals surface area (Å²) in [6, 6.07) is 0.548. The van der Waals surface area contributed by atoms with Crippen molar-refractivity contribution in [3.63, 3.8) is 0 Å². The number of carbonyl (C=O) groups excluding carboxylic acids is 1. The highest BCUT2D eigenvalue weighted by molar-refractivity contribution is 5.96. The second kappa shape index (κ2) is 4.38. The molecule has 1 rings (SSSR count). The molecule has 1 atom stereocenters. The molecule has 2 N–H and O–H groups in total. The predicted octanol–water partition coefficient (Wildman–Crippen LogP) is 1.51. The molecule has 0 aliphatic carbocycles. The Morgan fingerprint density at radius 2 is 2.06 bits per heavy atom. The van der Waals surface area contributed by atoms with Crippen molar-refractivity contribution in [1.82, 2.24) is 5.32 Å². The number of carboxylic acids is 1. The minimum Gasteiger partial charge on any atom is -0.480 e. The molecular formula is C11H15NO4. The number of rotatable bonds is 3. The summed E-state index contributed by atoms with van der Waals surface area (Å²) in [7, 11) is 0. The SMILES string of the molecule is CC(C)(C)[C@@H](NC(=O)c1ccoc1)C(=O)O. The number of furan rings is 1. The second-order valence-corrected chi connectivity index (χ2v) is 4.62. The number of hydrogen-bond acceptors (Lipinski definition) is 3. The molecule has 16 heavy (non-hydrogen) atoms. The Balaban J connectivity index is 2.78. The molecule has 5 heteroatoms. The van der Waals surface area contributed by atoms with Gasteiger partial charge in [0, 0.05) is 0 Å². The van der Waals surface area contributed by atoms with Crippen LogP contribution in [-0.4, -0.2) is 23.0 Å². The first kappa shape index (κ1) is 12.3. The molecule has 0 unspecified atom stereocenters. The maximum atomic E-state index is 11.6. The topological polar surface area (TPSA) is 79.5 Å². The molecule has 1 heterocycles. The molecule has 0 saturated heterocycles. The van der Waals surface area contributed by atoms with Crippen LogP contribution in [0, 0.1) is 5.41 Å². The van der Waals surface area contributed by atoms with E-state index in [-0.39, 0.29) is 0 Å². The first-order valence-corrected chi connectivity index (χ1v) is 4.88. The van der Waals surface area contributed by atoms with Gasteiger partial charge in [-0.15, -0.1) is 0 Å². The molecule has 0 saturated carbocycles. The van der Waals surface area contributed by atoms with Crippen molar-refractivity contribution in [2.45, 2.75) is 26.8 Å². The van der Waals surface area contributed by atoms with Gasteiger partial charge in [-0.25, -0.2) is 4.79 Å². The number of aliphatic carboxylic acids is 1. The Bertz CT molecular complexity index is 375. The van der Waals surface area contributed by atoms with Crippen LogP contribution in [0.2, 0.25) is 0 Å². The standard InChI is InChI=1S/C11H15NO4/c1-11(2,3)8(10(14)15)12-9(13)7-4-5-16-6-7/h4-6,8H,1-3H3,(H,12,13)(H,14,15)/t8-/m0/s1. The molecule has 0 bridgehead atoms. The van der Waals surface area contributed by atoms with Gasteiger partial charge in [-0.2, -0.15) is 0 Å². The van der Waals surface area contributed by atoms with Gasteiger partial charge in [0.25, 0.3) is 5.91 Å². The van der Waals surface area contributed by atoms with Gasteiger partial charge in [-0.05, 0) is 11.5 Å². The van der Waals surface area contributed by atoms with Crippen LogP contribution in [0.25, 0.3) is 0 Å². The Morgan fingerprint density at radius 3 is 2.44 bits per heavy atom. The Labute approximate surface area is 93.4 Å². The fraction of sp³-hybridized carbons (Fsp3) is 0.455. The molecule has 0 radical (unpaired) electrons. The van der Waals surface area contributed by atoms with Gasteiger partial charge < -0.3 is 14.8 Å². The van der Waals surface area contributed by atoms with E-state index in [9.17, 15) is 9.59 Å². The fourth-order valence-corrected chi connectivity index (χ4v) is 1.26. The largest absolute Gasteiger partial charge is 0.480 e. The van der Waals surface area contributed by atoms with Crippen LogP contribution in [0.1, 0.15) is 31.1 Å². The molecule has 0 fully saturated rings. The summed E-state index contributed by atoms with van der Waals surface area (Å²) in [5, 5.41) is 11.5. The first-order chi connectivity index (χ1) is 7.32. The summed E-state index contributed by atoms with van der Waals surface area (Å²) >= 11 is 0. The third-order valence-electron chi connectivity index (χ3n) is 2.17. The summed E-state index contributed by atoms with van der Waals surface area (Å²) in [4.78, 5) is 22.6. The van der Waals surface area contributed by atoms with Gasteiger partial charge in [0.05, 0.1) is 11.8 Å². The summed E-state index contributed by atoms with van der Waals surface area (Å²) in [6.07, 6.45) is 2.64. The minimum absolute atomic E-state index is 0.315. The molecule has 88 valence electrons. The van der Waals surface area contributed by atoms with Crippen molar-refractivity contribution in [3.8, 4) is 0 Å². The summed E-state index contributed by atoms with van der Waals surface area (Å²) in [6.45, 7) is 5.25. The molecule has 0 aromatic carbocycles. The van der Waals surface area contributed by atoms with E-state index >= 15 is 0 Å². The van der Waals surface area contributed by atoms with E-state index in [1.165, 1.54) is 18.6 Å². The van der Waals surface area contributed by atoms with Gasteiger partial charge in [-0.3, -0.25) is 4.79 Å². The van der Waals surface area contributed by atoms with E-state index in [1.807, 2.05) is 0 Å². The van der Waals surface area contributed by atoms with Gasteiger partial charge in [-0.1, -0.05) is 20.8 Å². The van der Waals surface area contributed by atoms with Crippen LogP contribution < -0.4 is 5.32 Å². The molecule has 0 aliphatic heterocycles. The minimum atomic E-state index is -1.05. The van der Waals surface area contributed by atoms with E-state index in [0.717, 1.165) is 0 Å². The average Bonchev–Trinajstić information content (AvgIpc) is 2.63. The normalized spacial score (nSPS) is 13.2. The maximum absolute atomic E-state index is 11.6. The summed E-state index contributed by atoms with van der Waals surface area (Å²) in [5.41, 5.74) is -0.235. The smallest absolute Gasteiger partial charge is 0.326 e.